The van der Waals surface area contributed by atoms with Crippen molar-refractivity contribution >= 4 is 6.03 Å². The van der Waals surface area contributed by atoms with Gasteiger partial charge < -0.3 is 10.6 Å². The van der Waals surface area contributed by atoms with E-state index in [0.717, 1.165) is 18.4 Å². The lowest BCUT2D eigenvalue weighted by molar-refractivity contribution is 0.224. The number of carbonyl (C=O) groups excluding carboxylic acids is 1. The van der Waals surface area contributed by atoms with E-state index in [1.54, 1.807) is 12.1 Å². The number of urea groups is 1. The average Bonchev–Trinajstić information content (AvgIpc) is 2.47. The SMILES string of the molecule is CC1CCCC(NC(=O)NC(C)c2ccc(C#N)cc2)C1. The van der Waals surface area contributed by atoms with Crippen molar-refractivity contribution in [2.45, 2.75) is 51.6 Å². The van der Waals surface area contributed by atoms with Crippen LogP contribution >= 0.6 is 0 Å². The number of nitrogens with zero attached hydrogens (tertiary/aromatic N) is 1. The third-order valence-corrected chi connectivity index (χ3v) is 4.16. The summed E-state index contributed by atoms with van der Waals surface area (Å²) in [6.45, 7) is 4.19. The summed E-state index contributed by atoms with van der Waals surface area (Å²) in [5.41, 5.74) is 1.63. The van der Waals surface area contributed by atoms with Gasteiger partial charge in [0.05, 0.1) is 17.7 Å². The second-order valence-corrected chi connectivity index (χ2v) is 6.04. The highest BCUT2D eigenvalue weighted by Gasteiger charge is 2.21. The van der Waals surface area contributed by atoms with Crippen molar-refractivity contribution in [3.63, 3.8) is 0 Å². The molecule has 1 aromatic carbocycles. The Bertz CT molecular complexity index is 518. The van der Waals surface area contributed by atoms with Crippen molar-refractivity contribution in [1.82, 2.24) is 10.6 Å². The first-order chi connectivity index (χ1) is 10.1. The molecule has 1 aliphatic carbocycles. The molecule has 112 valence electrons. The summed E-state index contributed by atoms with van der Waals surface area (Å²) in [6, 6.07) is 9.52. The Morgan fingerprint density at radius 1 is 1.33 bits per heavy atom. The molecule has 1 aliphatic rings. The summed E-state index contributed by atoms with van der Waals surface area (Å²) in [7, 11) is 0. The van der Waals surface area contributed by atoms with Gasteiger partial charge in [-0.05, 0) is 43.4 Å². The normalized spacial score (nSPS) is 22.9. The number of rotatable bonds is 3. The summed E-state index contributed by atoms with van der Waals surface area (Å²) in [5, 5.41) is 14.8. The average molecular weight is 285 g/mol. The Morgan fingerprint density at radius 3 is 2.67 bits per heavy atom. The Balaban J connectivity index is 1.85. The molecule has 1 saturated carbocycles. The maximum absolute atomic E-state index is 12.1. The van der Waals surface area contributed by atoms with Gasteiger partial charge in [-0.1, -0.05) is 31.9 Å². The van der Waals surface area contributed by atoms with Crippen molar-refractivity contribution in [1.29, 1.82) is 5.26 Å². The van der Waals surface area contributed by atoms with Gasteiger partial charge in [0.15, 0.2) is 0 Å². The molecule has 4 heteroatoms. The van der Waals surface area contributed by atoms with Crippen molar-refractivity contribution in [2.24, 2.45) is 5.92 Å². The Hall–Kier alpha value is -2.02. The van der Waals surface area contributed by atoms with Gasteiger partial charge in [0.2, 0.25) is 0 Å². The third-order valence-electron chi connectivity index (χ3n) is 4.16. The predicted molar refractivity (Wildman–Crippen MR) is 82.7 cm³/mol. The van der Waals surface area contributed by atoms with Gasteiger partial charge in [-0.25, -0.2) is 4.79 Å². The fourth-order valence-electron chi connectivity index (χ4n) is 2.92. The molecule has 2 N–H and O–H groups in total. The molecule has 2 rings (SSSR count). The molecule has 4 nitrogen and oxygen atoms in total. The molecular formula is C17H23N3O. The summed E-state index contributed by atoms with van der Waals surface area (Å²) in [4.78, 5) is 12.1. The minimum atomic E-state index is -0.106. The first-order valence-corrected chi connectivity index (χ1v) is 7.65. The molecule has 0 aromatic heterocycles. The van der Waals surface area contributed by atoms with Crippen molar-refractivity contribution in [2.75, 3.05) is 0 Å². The zero-order chi connectivity index (χ0) is 15.2. The van der Waals surface area contributed by atoms with Crippen LogP contribution in [0, 0.1) is 17.2 Å². The number of carbonyl (C=O) groups is 1. The summed E-state index contributed by atoms with van der Waals surface area (Å²) in [6.07, 6.45) is 4.60. The van der Waals surface area contributed by atoms with Crippen molar-refractivity contribution in [3.8, 4) is 6.07 Å². The third kappa shape index (κ3) is 4.49. The van der Waals surface area contributed by atoms with Crippen LogP contribution in [0.25, 0.3) is 0 Å². The van der Waals surface area contributed by atoms with E-state index in [4.69, 9.17) is 5.26 Å². The molecule has 0 radical (unpaired) electrons. The standard InChI is InChI=1S/C17H23N3O/c1-12-4-3-5-16(10-12)20-17(21)19-13(2)15-8-6-14(11-18)7-9-15/h6-9,12-13,16H,3-5,10H2,1-2H3,(H2,19,20,21). The predicted octanol–water partition coefficient (Wildman–Crippen LogP) is 3.50. The molecular weight excluding hydrogens is 262 g/mol. The zero-order valence-electron chi connectivity index (χ0n) is 12.7. The quantitative estimate of drug-likeness (QED) is 0.892. The van der Waals surface area contributed by atoms with E-state index >= 15 is 0 Å². The van der Waals surface area contributed by atoms with Gasteiger partial charge in [-0.15, -0.1) is 0 Å². The van der Waals surface area contributed by atoms with E-state index in [0.29, 0.717) is 17.5 Å². The van der Waals surface area contributed by atoms with Gasteiger partial charge in [-0.2, -0.15) is 5.26 Å². The number of nitriles is 1. The molecule has 3 unspecified atom stereocenters. The first kappa shape index (κ1) is 15.4. The summed E-state index contributed by atoms with van der Waals surface area (Å²) >= 11 is 0. The van der Waals surface area contributed by atoms with Crippen LogP contribution in [-0.2, 0) is 0 Å². The van der Waals surface area contributed by atoms with E-state index in [1.807, 2.05) is 19.1 Å². The maximum Gasteiger partial charge on any atom is 0.315 e. The maximum atomic E-state index is 12.1. The number of hydrogen-bond acceptors (Lipinski definition) is 2. The van der Waals surface area contributed by atoms with Gasteiger partial charge >= 0.3 is 6.03 Å². The largest absolute Gasteiger partial charge is 0.335 e. The highest BCUT2D eigenvalue weighted by atomic mass is 16.2. The fourth-order valence-corrected chi connectivity index (χ4v) is 2.92. The molecule has 1 fully saturated rings. The molecule has 2 amide bonds. The molecule has 1 aromatic rings. The van der Waals surface area contributed by atoms with Gasteiger partial charge in [-0.3, -0.25) is 0 Å². The smallest absolute Gasteiger partial charge is 0.315 e. The zero-order valence-corrected chi connectivity index (χ0v) is 12.7. The van der Waals surface area contributed by atoms with E-state index in [9.17, 15) is 4.79 Å². The molecule has 3 atom stereocenters. The van der Waals surface area contributed by atoms with Crippen LogP contribution in [0.4, 0.5) is 4.79 Å². The number of hydrogen-bond donors (Lipinski definition) is 2. The minimum Gasteiger partial charge on any atom is -0.335 e. The van der Waals surface area contributed by atoms with Crippen LogP contribution in [0.3, 0.4) is 0 Å². The molecule has 0 saturated heterocycles. The van der Waals surface area contributed by atoms with E-state index in [-0.39, 0.29) is 12.1 Å². The van der Waals surface area contributed by atoms with E-state index < -0.39 is 0 Å². The molecule has 0 bridgehead atoms. The Kier molecular flexibility index (Phi) is 5.21. The second kappa shape index (κ2) is 7.12. The second-order valence-electron chi connectivity index (χ2n) is 6.04. The van der Waals surface area contributed by atoms with Crippen LogP contribution in [0.1, 0.15) is 56.7 Å². The van der Waals surface area contributed by atoms with E-state index in [2.05, 4.69) is 23.6 Å². The highest BCUT2D eigenvalue weighted by Crippen LogP contribution is 2.23. The number of amides is 2. The van der Waals surface area contributed by atoms with Gasteiger partial charge in [0.25, 0.3) is 0 Å². The van der Waals surface area contributed by atoms with Gasteiger partial charge in [0, 0.05) is 6.04 Å². The molecule has 0 aliphatic heterocycles. The summed E-state index contributed by atoms with van der Waals surface area (Å²) < 4.78 is 0. The van der Waals surface area contributed by atoms with Crippen LogP contribution < -0.4 is 10.6 Å². The topological polar surface area (TPSA) is 64.9 Å². The Labute approximate surface area is 126 Å². The van der Waals surface area contributed by atoms with E-state index in [1.165, 1.54) is 12.8 Å². The lowest BCUT2D eigenvalue weighted by Gasteiger charge is -2.28. The van der Waals surface area contributed by atoms with Crippen molar-refractivity contribution in [3.05, 3.63) is 35.4 Å². The van der Waals surface area contributed by atoms with Crippen LogP contribution in [0.2, 0.25) is 0 Å². The monoisotopic (exact) mass is 285 g/mol. The van der Waals surface area contributed by atoms with Crippen LogP contribution in [0.5, 0.6) is 0 Å². The van der Waals surface area contributed by atoms with Crippen LogP contribution in [-0.4, -0.2) is 12.1 Å². The summed E-state index contributed by atoms with van der Waals surface area (Å²) in [5.74, 6) is 0.694. The first-order valence-electron chi connectivity index (χ1n) is 7.65. The highest BCUT2D eigenvalue weighted by molar-refractivity contribution is 5.74. The fraction of sp³-hybridized carbons (Fsp3) is 0.529. The Morgan fingerprint density at radius 2 is 2.05 bits per heavy atom. The van der Waals surface area contributed by atoms with Crippen molar-refractivity contribution < 1.29 is 4.79 Å². The molecule has 21 heavy (non-hydrogen) atoms. The lowest BCUT2D eigenvalue weighted by atomic mass is 9.87. The number of nitrogens with one attached hydrogen (secondary N) is 2. The molecule has 0 spiro atoms. The van der Waals surface area contributed by atoms with Crippen LogP contribution in [0.15, 0.2) is 24.3 Å². The van der Waals surface area contributed by atoms with Gasteiger partial charge in [0.1, 0.15) is 0 Å². The number of benzene rings is 1. The lowest BCUT2D eigenvalue weighted by Crippen LogP contribution is -2.44. The minimum absolute atomic E-state index is 0.0706. The molecule has 0 heterocycles.